The number of amides is 1. The van der Waals surface area contributed by atoms with Crippen molar-refractivity contribution in [2.75, 3.05) is 12.4 Å². The molecule has 4 rings (SSSR count). The van der Waals surface area contributed by atoms with Crippen LogP contribution in [0, 0.1) is 11.6 Å². The monoisotopic (exact) mass is 451 g/mol. The molecular formula is C20H19F2N3O3S2. The second kappa shape index (κ2) is 8.01. The highest BCUT2D eigenvalue weighted by Crippen LogP contribution is 2.30. The van der Waals surface area contributed by atoms with E-state index in [4.69, 9.17) is 0 Å². The smallest absolute Gasteiger partial charge is 0.257 e. The number of fused-ring (bicyclic) bond motifs is 1. The minimum absolute atomic E-state index is 0.00208. The van der Waals surface area contributed by atoms with Gasteiger partial charge in [0.25, 0.3) is 5.91 Å². The topological polar surface area (TPSA) is 79.4 Å². The summed E-state index contributed by atoms with van der Waals surface area (Å²) in [6.07, 6.45) is 3.74. The average molecular weight is 452 g/mol. The third kappa shape index (κ3) is 3.94. The van der Waals surface area contributed by atoms with Gasteiger partial charge in [-0.25, -0.2) is 22.2 Å². The van der Waals surface area contributed by atoms with Gasteiger partial charge in [0.05, 0.1) is 9.60 Å². The van der Waals surface area contributed by atoms with E-state index >= 15 is 0 Å². The summed E-state index contributed by atoms with van der Waals surface area (Å²) in [4.78, 5) is 16.6. The van der Waals surface area contributed by atoms with Crippen LogP contribution in [-0.2, 0) is 10.0 Å². The molecule has 0 saturated heterocycles. The van der Waals surface area contributed by atoms with Gasteiger partial charge in [-0.1, -0.05) is 24.2 Å². The van der Waals surface area contributed by atoms with Crippen molar-refractivity contribution in [3.05, 3.63) is 53.6 Å². The van der Waals surface area contributed by atoms with Crippen LogP contribution < -0.4 is 5.32 Å². The number of sulfonamides is 1. The van der Waals surface area contributed by atoms with Gasteiger partial charge in [-0.3, -0.25) is 10.1 Å². The molecule has 0 spiro atoms. The van der Waals surface area contributed by atoms with Crippen molar-refractivity contribution in [3.8, 4) is 0 Å². The molecule has 6 nitrogen and oxygen atoms in total. The zero-order valence-electron chi connectivity index (χ0n) is 16.1. The summed E-state index contributed by atoms with van der Waals surface area (Å²) >= 11 is 0.948. The summed E-state index contributed by atoms with van der Waals surface area (Å²) < 4.78 is 54.4. The zero-order chi connectivity index (χ0) is 21.5. The van der Waals surface area contributed by atoms with Gasteiger partial charge in [0, 0.05) is 24.7 Å². The predicted octanol–water partition coefficient (Wildman–Crippen LogP) is 4.39. The molecule has 3 aromatic rings. The molecule has 10 heteroatoms. The number of anilines is 1. The lowest BCUT2D eigenvalue weighted by Gasteiger charge is -2.23. The summed E-state index contributed by atoms with van der Waals surface area (Å²) in [6.45, 7) is 0. The molecule has 2 aromatic carbocycles. The number of halogens is 2. The summed E-state index contributed by atoms with van der Waals surface area (Å²) in [5.41, 5.74) is 0.205. The molecule has 30 heavy (non-hydrogen) atoms. The van der Waals surface area contributed by atoms with Crippen molar-refractivity contribution < 1.29 is 22.0 Å². The van der Waals surface area contributed by atoms with E-state index in [0.29, 0.717) is 0 Å². The number of nitrogens with one attached hydrogen (secondary N) is 1. The fraction of sp³-hybridized carbons (Fsp3) is 0.300. The van der Waals surface area contributed by atoms with E-state index < -0.39 is 27.6 Å². The first-order chi connectivity index (χ1) is 14.3. The fourth-order valence-corrected chi connectivity index (χ4v) is 5.90. The molecule has 0 unspecified atom stereocenters. The SMILES string of the molecule is CN(C1CCCC1)S(=O)(=O)c1ccc(C(=O)Nc2nc3c(F)cc(F)cc3s2)cc1. The van der Waals surface area contributed by atoms with Crippen LogP contribution >= 0.6 is 11.3 Å². The lowest BCUT2D eigenvalue weighted by molar-refractivity contribution is 0.102. The Morgan fingerprint density at radius 2 is 1.83 bits per heavy atom. The molecule has 0 radical (unpaired) electrons. The van der Waals surface area contributed by atoms with Crippen LogP contribution in [0.2, 0.25) is 0 Å². The Balaban J connectivity index is 1.51. The van der Waals surface area contributed by atoms with Gasteiger partial charge in [-0.15, -0.1) is 0 Å². The second-order valence-corrected chi connectivity index (χ2v) is 10.2. The first kappa shape index (κ1) is 20.8. The van der Waals surface area contributed by atoms with E-state index in [1.165, 1.54) is 28.6 Å². The van der Waals surface area contributed by atoms with Crippen molar-refractivity contribution in [1.82, 2.24) is 9.29 Å². The van der Waals surface area contributed by atoms with Crippen molar-refractivity contribution >= 4 is 42.6 Å². The van der Waals surface area contributed by atoms with E-state index in [1.807, 2.05) is 0 Å². The number of thiazole rings is 1. The number of hydrogen-bond acceptors (Lipinski definition) is 5. The van der Waals surface area contributed by atoms with Crippen LogP contribution in [0.3, 0.4) is 0 Å². The van der Waals surface area contributed by atoms with E-state index in [2.05, 4.69) is 10.3 Å². The summed E-state index contributed by atoms with van der Waals surface area (Å²) in [7, 11) is -2.05. The summed E-state index contributed by atoms with van der Waals surface area (Å²) in [6, 6.07) is 7.49. The Hall–Kier alpha value is -2.43. The van der Waals surface area contributed by atoms with E-state index in [-0.39, 0.29) is 31.8 Å². The molecule has 0 atom stereocenters. The first-order valence-corrected chi connectivity index (χ1v) is 11.7. The molecule has 1 amide bonds. The first-order valence-electron chi connectivity index (χ1n) is 9.41. The number of aromatic nitrogens is 1. The summed E-state index contributed by atoms with van der Waals surface area (Å²) in [5, 5.41) is 2.66. The van der Waals surface area contributed by atoms with Gasteiger partial charge in [-0.05, 0) is 43.2 Å². The molecule has 158 valence electrons. The van der Waals surface area contributed by atoms with Crippen LogP contribution in [0.15, 0.2) is 41.3 Å². The van der Waals surface area contributed by atoms with Gasteiger partial charge >= 0.3 is 0 Å². The molecule has 1 aliphatic carbocycles. The van der Waals surface area contributed by atoms with Crippen LogP contribution in [0.1, 0.15) is 36.0 Å². The Morgan fingerprint density at radius 1 is 1.17 bits per heavy atom. The molecule has 1 heterocycles. The average Bonchev–Trinajstić information content (AvgIpc) is 3.37. The lowest BCUT2D eigenvalue weighted by atomic mass is 10.2. The largest absolute Gasteiger partial charge is 0.298 e. The highest BCUT2D eigenvalue weighted by Gasteiger charge is 2.30. The van der Waals surface area contributed by atoms with Crippen LogP contribution in [0.4, 0.5) is 13.9 Å². The third-order valence-corrected chi connectivity index (χ3v) is 8.11. The molecule has 1 aromatic heterocycles. The standard InChI is InChI=1S/C20H19F2N3O3S2/c1-25(14-4-2-3-5-14)30(27,28)15-8-6-12(7-9-15)19(26)24-20-23-18-16(22)10-13(21)11-17(18)29-20/h6-11,14H,2-5H2,1H3,(H,23,24,26). The van der Waals surface area contributed by atoms with Crippen LogP contribution in [-0.4, -0.2) is 36.7 Å². The maximum atomic E-state index is 13.8. The van der Waals surface area contributed by atoms with E-state index in [0.717, 1.165) is 49.2 Å². The summed E-state index contributed by atoms with van der Waals surface area (Å²) in [5.74, 6) is -2.05. The normalized spacial score (nSPS) is 15.2. The number of carbonyl (C=O) groups excluding carboxylic acids is 1. The second-order valence-electron chi connectivity index (χ2n) is 7.19. The molecule has 1 aliphatic rings. The highest BCUT2D eigenvalue weighted by molar-refractivity contribution is 7.89. The van der Waals surface area contributed by atoms with Gasteiger partial charge < -0.3 is 0 Å². The number of benzene rings is 2. The lowest BCUT2D eigenvalue weighted by Crippen LogP contribution is -2.35. The van der Waals surface area contributed by atoms with Gasteiger partial charge in [0.2, 0.25) is 10.0 Å². The Labute approximate surface area is 176 Å². The van der Waals surface area contributed by atoms with Crippen molar-refractivity contribution in [3.63, 3.8) is 0 Å². The molecule has 0 aliphatic heterocycles. The quantitative estimate of drug-likeness (QED) is 0.624. The Kier molecular flexibility index (Phi) is 5.56. The van der Waals surface area contributed by atoms with Crippen LogP contribution in [0.5, 0.6) is 0 Å². The zero-order valence-corrected chi connectivity index (χ0v) is 17.7. The maximum Gasteiger partial charge on any atom is 0.257 e. The van der Waals surface area contributed by atoms with Crippen LogP contribution in [0.25, 0.3) is 10.2 Å². The van der Waals surface area contributed by atoms with Gasteiger partial charge in [0.15, 0.2) is 10.9 Å². The maximum absolute atomic E-state index is 13.8. The molecule has 1 fully saturated rings. The number of carbonyl (C=O) groups is 1. The van der Waals surface area contributed by atoms with Gasteiger partial charge in [-0.2, -0.15) is 4.31 Å². The molecule has 1 saturated carbocycles. The molecule has 1 N–H and O–H groups in total. The third-order valence-electron chi connectivity index (χ3n) is 5.27. The number of hydrogen-bond donors (Lipinski definition) is 1. The number of nitrogens with zero attached hydrogens (tertiary/aromatic N) is 2. The molecule has 0 bridgehead atoms. The van der Waals surface area contributed by atoms with E-state index in [9.17, 15) is 22.0 Å². The predicted molar refractivity (Wildman–Crippen MR) is 111 cm³/mol. The minimum Gasteiger partial charge on any atom is -0.298 e. The fourth-order valence-electron chi connectivity index (χ4n) is 3.59. The van der Waals surface area contributed by atoms with E-state index in [1.54, 1.807) is 7.05 Å². The van der Waals surface area contributed by atoms with Crippen molar-refractivity contribution in [1.29, 1.82) is 0 Å². The minimum atomic E-state index is -3.64. The Morgan fingerprint density at radius 3 is 2.50 bits per heavy atom. The Bertz CT molecular complexity index is 1200. The molecular weight excluding hydrogens is 432 g/mol. The highest BCUT2D eigenvalue weighted by atomic mass is 32.2. The van der Waals surface area contributed by atoms with Gasteiger partial charge in [0.1, 0.15) is 11.3 Å². The number of rotatable bonds is 5. The van der Waals surface area contributed by atoms with Crippen molar-refractivity contribution in [2.24, 2.45) is 0 Å². The van der Waals surface area contributed by atoms with Crippen molar-refractivity contribution in [2.45, 2.75) is 36.6 Å².